The van der Waals surface area contributed by atoms with Gasteiger partial charge >= 0.3 is 0 Å². The van der Waals surface area contributed by atoms with Crippen LogP contribution >= 0.6 is 23.5 Å². The first-order valence-electron chi connectivity index (χ1n) is 16.1. The number of hydrogen-bond acceptors (Lipinski definition) is 2. The van der Waals surface area contributed by atoms with E-state index in [2.05, 4.69) is 64.3 Å². The van der Waals surface area contributed by atoms with Crippen molar-refractivity contribution in [2.75, 3.05) is 0 Å². The molecule has 2 saturated heterocycles. The molecular weight excluding hydrogens is 477 g/mol. The molecule has 4 aliphatic carbocycles. The fourth-order valence-electron chi connectivity index (χ4n) is 12.1. The normalized spacial score (nSPS) is 51.6. The minimum atomic E-state index is -1.39. The predicted octanol–water partition coefficient (Wildman–Crippen LogP) is 10.1. The summed E-state index contributed by atoms with van der Waals surface area (Å²) in [6.07, 6.45) is 18.5. The van der Waals surface area contributed by atoms with Crippen LogP contribution in [0.2, 0.25) is 24.2 Å². The van der Waals surface area contributed by atoms with Crippen LogP contribution in [0.3, 0.4) is 0 Å². The molecule has 0 amide bonds. The second-order valence-electron chi connectivity index (χ2n) is 15.2. The summed E-state index contributed by atoms with van der Waals surface area (Å²) in [7, 11) is -1.39. The zero-order chi connectivity index (χ0) is 24.5. The fraction of sp³-hybridized carbons (Fsp3) is 1.00. The van der Waals surface area contributed by atoms with Gasteiger partial charge in [-0.15, -0.1) is 0 Å². The molecule has 0 nitrogen and oxygen atoms in total. The van der Waals surface area contributed by atoms with Gasteiger partial charge in [-0.2, -0.15) is 23.5 Å². The van der Waals surface area contributed by atoms with E-state index < -0.39 is 8.07 Å². The molecule has 0 N–H and O–H groups in total. The topological polar surface area (TPSA) is 0 Å². The molecule has 35 heavy (non-hydrogen) atoms. The lowest BCUT2D eigenvalue weighted by Gasteiger charge is -2.45. The average molecular weight is 533 g/mol. The Kier molecular flexibility index (Phi) is 7.58. The van der Waals surface area contributed by atoms with Gasteiger partial charge in [0.05, 0.1) is 8.07 Å². The Morgan fingerprint density at radius 2 is 0.914 bits per heavy atom. The van der Waals surface area contributed by atoms with Gasteiger partial charge < -0.3 is 0 Å². The molecule has 0 bridgehead atoms. The van der Waals surface area contributed by atoms with Crippen molar-refractivity contribution in [1.29, 1.82) is 0 Å². The Labute approximate surface area is 228 Å². The van der Waals surface area contributed by atoms with Crippen molar-refractivity contribution in [3.8, 4) is 0 Å². The first-order chi connectivity index (χ1) is 16.8. The molecule has 2 heterocycles. The van der Waals surface area contributed by atoms with Crippen LogP contribution < -0.4 is 0 Å². The Morgan fingerprint density at radius 1 is 0.543 bits per heavy atom. The van der Waals surface area contributed by atoms with Gasteiger partial charge in [-0.1, -0.05) is 105 Å². The summed E-state index contributed by atoms with van der Waals surface area (Å²) in [4.78, 5) is 0. The summed E-state index contributed by atoms with van der Waals surface area (Å²) in [5, 5.41) is 3.88. The molecular formula is C32H56S2Si. The van der Waals surface area contributed by atoms with Crippen LogP contribution in [0.4, 0.5) is 0 Å². The van der Waals surface area contributed by atoms with E-state index >= 15 is 0 Å². The molecule has 6 aliphatic rings. The summed E-state index contributed by atoms with van der Waals surface area (Å²) >= 11 is 5.03. The van der Waals surface area contributed by atoms with Gasteiger partial charge in [-0.05, 0) is 71.3 Å². The maximum atomic E-state index is 2.92. The van der Waals surface area contributed by atoms with Gasteiger partial charge in [0.25, 0.3) is 0 Å². The zero-order valence-corrected chi connectivity index (χ0v) is 26.5. The van der Waals surface area contributed by atoms with Crippen LogP contribution in [-0.4, -0.2) is 29.1 Å². The van der Waals surface area contributed by atoms with Crippen LogP contribution in [0.15, 0.2) is 0 Å². The highest BCUT2D eigenvalue weighted by molar-refractivity contribution is 8.01. The maximum Gasteiger partial charge on any atom is 0.0563 e. The molecule has 200 valence electrons. The molecule has 2 aliphatic heterocycles. The molecule has 6 rings (SSSR count). The van der Waals surface area contributed by atoms with E-state index in [9.17, 15) is 0 Å². The third-order valence-corrected chi connectivity index (χ3v) is 22.2. The molecule has 0 aromatic carbocycles. The molecule has 3 heteroatoms. The molecule has 12 unspecified atom stereocenters. The molecule has 0 aromatic rings. The summed E-state index contributed by atoms with van der Waals surface area (Å²) in [6.45, 7) is 16.6. The van der Waals surface area contributed by atoms with Gasteiger partial charge in [0, 0.05) is 21.0 Å². The lowest BCUT2D eigenvalue weighted by atomic mass is 9.72. The average Bonchev–Trinajstić information content (AvgIpc) is 3.50. The van der Waals surface area contributed by atoms with Gasteiger partial charge in [-0.25, -0.2) is 0 Å². The third kappa shape index (κ3) is 4.38. The van der Waals surface area contributed by atoms with Crippen molar-refractivity contribution in [2.45, 2.75) is 150 Å². The van der Waals surface area contributed by atoms with E-state index in [0.29, 0.717) is 0 Å². The Hall–Kier alpha value is 0.917. The van der Waals surface area contributed by atoms with E-state index in [1.165, 1.54) is 38.5 Å². The lowest BCUT2D eigenvalue weighted by molar-refractivity contribution is 0.189. The van der Waals surface area contributed by atoms with E-state index in [1.807, 2.05) is 0 Å². The molecule has 4 saturated carbocycles. The van der Waals surface area contributed by atoms with E-state index in [1.54, 1.807) is 38.5 Å². The Bertz CT molecular complexity index is 680. The summed E-state index contributed by atoms with van der Waals surface area (Å²) in [5.74, 6) is 8.32. The van der Waals surface area contributed by atoms with E-state index in [4.69, 9.17) is 0 Å². The van der Waals surface area contributed by atoms with Gasteiger partial charge in [-0.3, -0.25) is 0 Å². The third-order valence-electron chi connectivity index (χ3n) is 13.0. The van der Waals surface area contributed by atoms with Crippen molar-refractivity contribution in [1.82, 2.24) is 0 Å². The summed E-state index contributed by atoms with van der Waals surface area (Å²) in [5.41, 5.74) is 2.15. The minimum absolute atomic E-state index is 0.929. The first-order valence-corrected chi connectivity index (χ1v) is 21.1. The molecule has 0 aromatic heterocycles. The highest BCUT2D eigenvalue weighted by Crippen LogP contribution is 2.69. The monoisotopic (exact) mass is 532 g/mol. The van der Waals surface area contributed by atoms with Crippen LogP contribution in [0.25, 0.3) is 0 Å². The number of hydrogen-bond donors (Lipinski definition) is 0. The Balaban J connectivity index is 1.23. The van der Waals surface area contributed by atoms with Crippen molar-refractivity contribution in [3.63, 3.8) is 0 Å². The van der Waals surface area contributed by atoms with Gasteiger partial charge in [0.2, 0.25) is 0 Å². The number of fused-ring (bicyclic) bond motifs is 2. The van der Waals surface area contributed by atoms with Crippen molar-refractivity contribution < 1.29 is 0 Å². The van der Waals surface area contributed by atoms with Crippen molar-refractivity contribution in [3.05, 3.63) is 0 Å². The van der Waals surface area contributed by atoms with Gasteiger partial charge in [0.1, 0.15) is 0 Å². The lowest BCUT2D eigenvalue weighted by Crippen LogP contribution is -2.47. The minimum Gasteiger partial charge on any atom is -0.155 e. The summed E-state index contributed by atoms with van der Waals surface area (Å²) in [6, 6.07) is 0. The summed E-state index contributed by atoms with van der Waals surface area (Å²) < 4.78 is 0. The van der Waals surface area contributed by atoms with Crippen LogP contribution in [0, 0.1) is 47.3 Å². The smallest absolute Gasteiger partial charge is 0.0563 e. The molecule has 12 atom stereocenters. The Morgan fingerprint density at radius 3 is 1.29 bits per heavy atom. The van der Waals surface area contributed by atoms with E-state index in [-0.39, 0.29) is 0 Å². The van der Waals surface area contributed by atoms with Gasteiger partial charge in [0.15, 0.2) is 0 Å². The van der Waals surface area contributed by atoms with E-state index in [0.717, 1.165) is 79.4 Å². The number of thioether (sulfide) groups is 2. The highest BCUT2D eigenvalue weighted by atomic mass is 32.2. The number of rotatable bonds is 4. The van der Waals surface area contributed by atoms with Crippen molar-refractivity contribution in [2.24, 2.45) is 47.3 Å². The molecule has 0 spiro atoms. The molecule has 0 radical (unpaired) electrons. The van der Waals surface area contributed by atoms with Crippen molar-refractivity contribution >= 4 is 31.6 Å². The van der Waals surface area contributed by atoms with Crippen LogP contribution in [-0.2, 0) is 0 Å². The second kappa shape index (κ2) is 10.1. The quantitative estimate of drug-likeness (QED) is 0.330. The molecule has 6 fully saturated rings. The van der Waals surface area contributed by atoms with Crippen LogP contribution in [0.5, 0.6) is 0 Å². The standard InChI is InChI=1S/C32H56S2Si/c1-19-17-25-27(23-13-9-7-10-14-23)21(3)33-29(25)31(19)35(5,6)32-20(2)18-26-28(22(4)34-30(26)32)24-15-11-8-12-16-24/h19-32H,7-18H2,1-6H3. The second-order valence-corrected chi connectivity index (χ2v) is 23.3. The zero-order valence-electron chi connectivity index (χ0n) is 23.9. The fourth-order valence-corrected chi connectivity index (χ4v) is 24.6. The largest absolute Gasteiger partial charge is 0.155 e. The maximum absolute atomic E-state index is 2.92. The predicted molar refractivity (Wildman–Crippen MR) is 161 cm³/mol. The first kappa shape index (κ1) is 26.2. The SMILES string of the molecule is CC1CC2C(SC(C)C2C2CCCCC2)C1[Si](C)(C)C1C(C)CC2C1SC(C)C2C1CCCCC1. The van der Waals surface area contributed by atoms with Crippen LogP contribution in [0.1, 0.15) is 105 Å². The highest BCUT2D eigenvalue weighted by Gasteiger charge is 2.64.